The zero-order valence-corrected chi connectivity index (χ0v) is 24.8. The summed E-state index contributed by atoms with van der Waals surface area (Å²) >= 11 is 1.33. The number of aliphatic carboxylic acids is 1. The number of aromatic nitrogens is 1. The van der Waals surface area contributed by atoms with Crippen LogP contribution in [0.15, 0.2) is 48.5 Å². The summed E-state index contributed by atoms with van der Waals surface area (Å²) in [6, 6.07) is 11.3. The first kappa shape index (κ1) is 32.9. The van der Waals surface area contributed by atoms with E-state index in [4.69, 9.17) is 11.5 Å². The van der Waals surface area contributed by atoms with Gasteiger partial charge >= 0.3 is 5.97 Å². The quantitative estimate of drug-likeness (QED) is 0.126. The Morgan fingerprint density at radius 1 is 0.860 bits per heavy atom. The summed E-state index contributed by atoms with van der Waals surface area (Å²) in [4.78, 5) is 66.3. The summed E-state index contributed by atoms with van der Waals surface area (Å²) in [7, 11) is 0. The standard InChI is InChI=1S/C29H37N7O6S/c1-16(2)10-22(28(41)42)35-27(40)21(12-17-6-4-3-5-7-17)34-25(38)15-32-24(37)14-33-26(39)19(30)11-18-8-9-20-23(13-18)43-29(31)36-20/h3-9,13,16,19,21-22H,10-12,14-15,30H2,1-2H3,(H2,31,36)(H,32,37)(H,33,39)(H,34,38)(H,35,40)(H,41,42)/t19-,21-,22-/m0/s1. The molecule has 0 spiro atoms. The Bertz CT molecular complexity index is 1450. The van der Waals surface area contributed by atoms with Crippen molar-refractivity contribution in [2.75, 3.05) is 18.8 Å². The molecular formula is C29H37N7O6S. The maximum atomic E-state index is 13.0. The van der Waals surface area contributed by atoms with Crippen LogP contribution in [0.4, 0.5) is 5.13 Å². The van der Waals surface area contributed by atoms with Gasteiger partial charge in [-0.15, -0.1) is 0 Å². The van der Waals surface area contributed by atoms with Gasteiger partial charge in [-0.3, -0.25) is 19.2 Å². The highest BCUT2D eigenvalue weighted by Gasteiger charge is 2.27. The molecule has 0 aliphatic heterocycles. The van der Waals surface area contributed by atoms with E-state index in [1.54, 1.807) is 42.5 Å². The lowest BCUT2D eigenvalue weighted by molar-refractivity contribution is -0.142. The van der Waals surface area contributed by atoms with Crippen LogP contribution in [0.1, 0.15) is 31.4 Å². The SMILES string of the molecule is CC(C)C[C@H](NC(=O)[C@H](Cc1ccccc1)NC(=O)CNC(=O)CNC(=O)[C@@H](N)Cc1ccc2nc(N)sc2c1)C(=O)O. The van der Waals surface area contributed by atoms with E-state index in [0.717, 1.165) is 21.3 Å². The predicted octanol–water partition coefficient (Wildman–Crippen LogP) is 0.324. The minimum atomic E-state index is -1.17. The van der Waals surface area contributed by atoms with Crippen LogP contribution < -0.4 is 32.7 Å². The minimum absolute atomic E-state index is 0.0156. The number of thiazole rings is 1. The van der Waals surface area contributed by atoms with Crippen molar-refractivity contribution < 1.29 is 29.1 Å². The highest BCUT2D eigenvalue weighted by Crippen LogP contribution is 2.25. The van der Waals surface area contributed by atoms with Crippen molar-refractivity contribution in [1.82, 2.24) is 26.3 Å². The summed E-state index contributed by atoms with van der Waals surface area (Å²) in [5.41, 5.74) is 14.1. The van der Waals surface area contributed by atoms with Gasteiger partial charge in [0.2, 0.25) is 23.6 Å². The van der Waals surface area contributed by atoms with Gasteiger partial charge < -0.3 is 37.8 Å². The number of nitrogens with zero attached hydrogens (tertiary/aromatic N) is 1. The number of hydrogen-bond donors (Lipinski definition) is 7. The molecule has 0 unspecified atom stereocenters. The molecule has 0 saturated carbocycles. The van der Waals surface area contributed by atoms with E-state index in [1.165, 1.54) is 11.3 Å². The Morgan fingerprint density at radius 3 is 2.23 bits per heavy atom. The summed E-state index contributed by atoms with van der Waals surface area (Å²) in [5.74, 6) is -3.66. The highest BCUT2D eigenvalue weighted by atomic mass is 32.1. The van der Waals surface area contributed by atoms with E-state index in [1.807, 2.05) is 19.9 Å². The molecule has 3 aromatic rings. The second-order valence-corrected chi connectivity index (χ2v) is 11.6. The van der Waals surface area contributed by atoms with Crippen molar-refractivity contribution in [2.24, 2.45) is 11.7 Å². The molecule has 230 valence electrons. The maximum Gasteiger partial charge on any atom is 0.326 e. The van der Waals surface area contributed by atoms with Crippen LogP contribution in [-0.2, 0) is 36.8 Å². The van der Waals surface area contributed by atoms with Gasteiger partial charge in [-0.1, -0.05) is 61.6 Å². The van der Waals surface area contributed by atoms with Gasteiger partial charge in [0.1, 0.15) is 12.1 Å². The Balaban J connectivity index is 1.49. The largest absolute Gasteiger partial charge is 0.480 e. The van der Waals surface area contributed by atoms with Gasteiger partial charge in [-0.2, -0.15) is 0 Å². The Kier molecular flexibility index (Phi) is 12.0. The number of nitrogens with one attached hydrogen (secondary N) is 4. The molecular weight excluding hydrogens is 574 g/mol. The monoisotopic (exact) mass is 611 g/mol. The number of nitrogen functional groups attached to an aromatic ring is 1. The molecule has 0 saturated heterocycles. The first-order valence-electron chi connectivity index (χ1n) is 13.7. The molecule has 14 heteroatoms. The minimum Gasteiger partial charge on any atom is -0.480 e. The van der Waals surface area contributed by atoms with Gasteiger partial charge in [0.15, 0.2) is 5.13 Å². The molecule has 43 heavy (non-hydrogen) atoms. The molecule has 1 heterocycles. The molecule has 3 rings (SSSR count). The van der Waals surface area contributed by atoms with Crippen molar-refractivity contribution in [1.29, 1.82) is 0 Å². The van der Waals surface area contributed by atoms with Crippen molar-refractivity contribution >= 4 is 56.3 Å². The number of anilines is 1. The third-order valence-electron chi connectivity index (χ3n) is 6.39. The average molecular weight is 612 g/mol. The van der Waals surface area contributed by atoms with Gasteiger partial charge in [0, 0.05) is 6.42 Å². The molecule has 3 atom stereocenters. The fraction of sp³-hybridized carbons (Fsp3) is 0.379. The maximum absolute atomic E-state index is 13.0. The molecule has 2 aromatic carbocycles. The number of carbonyl (C=O) groups is 5. The number of hydrogen-bond acceptors (Lipinski definition) is 9. The second-order valence-electron chi connectivity index (χ2n) is 10.5. The smallest absolute Gasteiger partial charge is 0.326 e. The van der Waals surface area contributed by atoms with Crippen LogP contribution in [-0.4, -0.2) is 70.9 Å². The zero-order valence-electron chi connectivity index (χ0n) is 24.0. The number of fused-ring (bicyclic) bond motifs is 1. The molecule has 13 nitrogen and oxygen atoms in total. The summed E-state index contributed by atoms with van der Waals surface area (Å²) < 4.78 is 0.876. The van der Waals surface area contributed by atoms with Gasteiger partial charge in [-0.25, -0.2) is 9.78 Å². The van der Waals surface area contributed by atoms with Gasteiger partial charge in [-0.05, 0) is 42.0 Å². The normalized spacial score (nSPS) is 13.1. The molecule has 0 aliphatic carbocycles. The van der Waals surface area contributed by atoms with Crippen molar-refractivity contribution in [2.45, 2.75) is 51.2 Å². The number of amides is 4. The average Bonchev–Trinajstić information content (AvgIpc) is 3.33. The van der Waals surface area contributed by atoms with E-state index < -0.39 is 60.8 Å². The number of carboxylic acid groups (broad SMARTS) is 1. The zero-order chi connectivity index (χ0) is 31.5. The molecule has 9 N–H and O–H groups in total. The predicted molar refractivity (Wildman–Crippen MR) is 163 cm³/mol. The first-order chi connectivity index (χ1) is 20.4. The van der Waals surface area contributed by atoms with Crippen molar-refractivity contribution in [3.63, 3.8) is 0 Å². The number of carboxylic acids is 1. The third kappa shape index (κ3) is 10.7. The summed E-state index contributed by atoms with van der Waals surface area (Å²) in [6.45, 7) is 2.80. The van der Waals surface area contributed by atoms with Crippen LogP contribution in [0.25, 0.3) is 10.2 Å². The van der Waals surface area contributed by atoms with E-state index in [0.29, 0.717) is 5.13 Å². The van der Waals surface area contributed by atoms with Crippen LogP contribution in [0.5, 0.6) is 0 Å². The summed E-state index contributed by atoms with van der Waals surface area (Å²) in [6.07, 6.45) is 0.557. The van der Waals surface area contributed by atoms with Crippen LogP contribution >= 0.6 is 11.3 Å². The van der Waals surface area contributed by atoms with Crippen molar-refractivity contribution in [3.8, 4) is 0 Å². The molecule has 4 amide bonds. The van der Waals surface area contributed by atoms with Gasteiger partial charge in [0.05, 0.1) is 29.3 Å². The van der Waals surface area contributed by atoms with Crippen molar-refractivity contribution in [3.05, 3.63) is 59.7 Å². The Labute approximate surface area is 252 Å². The first-order valence-corrected chi connectivity index (χ1v) is 14.5. The van der Waals surface area contributed by atoms with Crippen LogP contribution in [0.2, 0.25) is 0 Å². The van der Waals surface area contributed by atoms with Crippen LogP contribution in [0.3, 0.4) is 0 Å². The molecule has 0 radical (unpaired) electrons. The summed E-state index contributed by atoms with van der Waals surface area (Å²) in [5, 5.41) is 19.9. The topological polar surface area (TPSA) is 219 Å². The van der Waals surface area contributed by atoms with E-state index in [-0.39, 0.29) is 25.2 Å². The van der Waals surface area contributed by atoms with E-state index in [9.17, 15) is 29.1 Å². The molecule has 1 aromatic heterocycles. The Morgan fingerprint density at radius 2 is 1.56 bits per heavy atom. The number of benzene rings is 2. The fourth-order valence-corrected chi connectivity index (χ4v) is 5.07. The number of rotatable bonds is 15. The highest BCUT2D eigenvalue weighted by molar-refractivity contribution is 7.22. The van der Waals surface area contributed by atoms with E-state index >= 15 is 0 Å². The lowest BCUT2D eigenvalue weighted by atomic mass is 10.0. The molecule has 0 bridgehead atoms. The molecule has 0 fully saturated rings. The third-order valence-corrected chi connectivity index (χ3v) is 7.23. The fourth-order valence-electron chi connectivity index (χ4n) is 4.27. The number of carbonyl (C=O) groups excluding carboxylic acids is 4. The molecule has 0 aliphatic rings. The van der Waals surface area contributed by atoms with Gasteiger partial charge in [0.25, 0.3) is 0 Å². The Hall–Kier alpha value is -4.56. The van der Waals surface area contributed by atoms with Crippen LogP contribution in [0, 0.1) is 5.92 Å². The lowest BCUT2D eigenvalue weighted by Crippen LogP contribution is -2.54. The lowest BCUT2D eigenvalue weighted by Gasteiger charge is -2.22. The second kappa shape index (κ2) is 15.6. The number of nitrogens with two attached hydrogens (primary N) is 2. The van der Waals surface area contributed by atoms with E-state index in [2.05, 4.69) is 26.3 Å².